The summed E-state index contributed by atoms with van der Waals surface area (Å²) < 4.78 is 4.69. The fourth-order valence-electron chi connectivity index (χ4n) is 2.17. The van der Waals surface area contributed by atoms with E-state index in [1.165, 1.54) is 18.4 Å². The molecule has 0 N–H and O–H groups in total. The first kappa shape index (κ1) is 14.9. The average Bonchev–Trinajstić information content (AvgIpc) is 3.06. The molecule has 0 aliphatic heterocycles. The fourth-order valence-corrected chi connectivity index (χ4v) is 3.20. The number of carbonyl (C=O) groups is 1. The number of hydrogen-bond acceptors (Lipinski definition) is 5. The summed E-state index contributed by atoms with van der Waals surface area (Å²) in [6.45, 7) is 0. The number of hydrogen-bond donors (Lipinski definition) is 0. The highest BCUT2D eigenvalue weighted by atomic mass is 32.1. The molecule has 3 aromatic rings. The lowest BCUT2D eigenvalue weighted by Crippen LogP contribution is -2.00. The maximum Gasteiger partial charge on any atom is 0.337 e. The molecule has 1 heterocycles. The van der Waals surface area contributed by atoms with E-state index in [9.17, 15) is 10.1 Å². The second-order valence-corrected chi connectivity index (χ2v) is 5.74. The Bertz CT molecular complexity index is 878. The van der Waals surface area contributed by atoms with Crippen LogP contribution in [0.1, 0.15) is 16.1 Å². The lowest BCUT2D eigenvalue weighted by atomic mass is 10.1. The quantitative estimate of drug-likeness (QED) is 0.681. The molecule has 4 nitrogen and oxygen atoms in total. The van der Waals surface area contributed by atoms with Crippen molar-refractivity contribution in [1.82, 2.24) is 4.98 Å². The van der Waals surface area contributed by atoms with E-state index in [0.29, 0.717) is 11.3 Å². The third-order valence-electron chi connectivity index (χ3n) is 3.32. The molecule has 3 rings (SSSR count). The van der Waals surface area contributed by atoms with Crippen molar-refractivity contribution in [2.75, 3.05) is 7.11 Å². The highest BCUT2D eigenvalue weighted by Crippen LogP contribution is 2.35. The second-order valence-electron chi connectivity index (χ2n) is 4.74. The van der Waals surface area contributed by atoms with Gasteiger partial charge in [-0.1, -0.05) is 42.5 Å². The zero-order valence-corrected chi connectivity index (χ0v) is 13.1. The summed E-state index contributed by atoms with van der Waals surface area (Å²) in [6.07, 6.45) is 0. The number of nitriles is 1. The molecule has 0 spiro atoms. The molecule has 23 heavy (non-hydrogen) atoms. The predicted octanol–water partition coefficient (Wildman–Crippen LogP) is 4.14. The summed E-state index contributed by atoms with van der Waals surface area (Å²) >= 11 is 1.46. The minimum Gasteiger partial charge on any atom is -0.465 e. The number of aromatic nitrogens is 1. The smallest absolute Gasteiger partial charge is 0.337 e. The van der Waals surface area contributed by atoms with Crippen molar-refractivity contribution in [2.45, 2.75) is 0 Å². The molecular formula is C18H12N2O2S. The molecule has 0 bridgehead atoms. The van der Waals surface area contributed by atoms with Gasteiger partial charge in [0, 0.05) is 5.56 Å². The maximum absolute atomic E-state index is 11.5. The van der Waals surface area contributed by atoms with Crippen LogP contribution in [0, 0.1) is 11.3 Å². The molecular weight excluding hydrogens is 308 g/mol. The Morgan fingerprint density at radius 2 is 1.78 bits per heavy atom. The molecule has 0 aliphatic rings. The normalized spacial score (nSPS) is 10.1. The lowest BCUT2D eigenvalue weighted by molar-refractivity contribution is 0.0601. The van der Waals surface area contributed by atoms with Crippen molar-refractivity contribution < 1.29 is 9.53 Å². The molecule has 5 heteroatoms. The van der Waals surface area contributed by atoms with E-state index in [-0.39, 0.29) is 5.97 Å². The van der Waals surface area contributed by atoms with Crippen LogP contribution in [0.25, 0.3) is 21.0 Å². The number of ether oxygens (including phenoxy) is 1. The topological polar surface area (TPSA) is 63.0 Å². The molecule has 112 valence electrons. The van der Waals surface area contributed by atoms with Gasteiger partial charge in [-0.25, -0.2) is 9.78 Å². The first-order valence-electron chi connectivity index (χ1n) is 6.88. The molecule has 0 radical (unpaired) electrons. The van der Waals surface area contributed by atoms with Gasteiger partial charge in [-0.3, -0.25) is 0 Å². The van der Waals surface area contributed by atoms with Gasteiger partial charge in [-0.15, -0.1) is 11.3 Å². The molecule has 0 saturated carbocycles. The Hall–Kier alpha value is -2.97. The van der Waals surface area contributed by atoms with Crippen LogP contribution in [-0.2, 0) is 4.74 Å². The maximum atomic E-state index is 11.5. The van der Waals surface area contributed by atoms with Gasteiger partial charge in [0.1, 0.15) is 11.1 Å². The van der Waals surface area contributed by atoms with Gasteiger partial charge in [0.15, 0.2) is 5.69 Å². The van der Waals surface area contributed by atoms with Gasteiger partial charge in [0.05, 0.1) is 17.6 Å². The minimum absolute atomic E-state index is 0.377. The Balaban J connectivity index is 2.00. The average molecular weight is 320 g/mol. The molecule has 0 atom stereocenters. The molecule has 2 aromatic carbocycles. The third-order valence-corrected chi connectivity index (χ3v) is 4.48. The zero-order valence-electron chi connectivity index (χ0n) is 12.3. The number of benzene rings is 2. The van der Waals surface area contributed by atoms with Crippen LogP contribution in [0.2, 0.25) is 0 Å². The Labute approximate surface area is 137 Å². The van der Waals surface area contributed by atoms with Crippen molar-refractivity contribution in [1.29, 1.82) is 5.26 Å². The fraction of sp³-hybridized carbons (Fsp3) is 0.0556. The summed E-state index contributed by atoms with van der Waals surface area (Å²) in [5.74, 6) is -0.377. The third kappa shape index (κ3) is 2.98. The number of methoxy groups -OCH3 is 1. The minimum atomic E-state index is -0.377. The molecule has 0 aliphatic carbocycles. The predicted molar refractivity (Wildman–Crippen MR) is 89.0 cm³/mol. The summed E-state index contributed by atoms with van der Waals surface area (Å²) in [7, 11) is 1.35. The van der Waals surface area contributed by atoms with Crippen molar-refractivity contribution in [3.63, 3.8) is 0 Å². The van der Waals surface area contributed by atoms with Gasteiger partial charge in [-0.2, -0.15) is 5.26 Å². The zero-order chi connectivity index (χ0) is 16.2. The standard InChI is InChI=1S/C18H12N2O2S/c1-22-18(21)14-9-7-13(8-10-14)17-20-15(11-19)16(23-17)12-5-3-2-4-6-12/h2-10H,1H3. The first-order valence-corrected chi connectivity index (χ1v) is 7.69. The lowest BCUT2D eigenvalue weighted by Gasteiger charge is -2.00. The number of carbonyl (C=O) groups excluding carboxylic acids is 1. The van der Waals surface area contributed by atoms with Crippen LogP contribution in [0.15, 0.2) is 54.6 Å². The molecule has 0 fully saturated rings. The second kappa shape index (κ2) is 6.42. The molecule has 0 unspecified atom stereocenters. The van der Waals surface area contributed by atoms with E-state index in [4.69, 9.17) is 0 Å². The van der Waals surface area contributed by atoms with E-state index in [2.05, 4.69) is 15.8 Å². The largest absolute Gasteiger partial charge is 0.465 e. The van der Waals surface area contributed by atoms with Gasteiger partial charge >= 0.3 is 5.97 Å². The van der Waals surface area contributed by atoms with Gasteiger partial charge in [0.2, 0.25) is 0 Å². The van der Waals surface area contributed by atoms with Crippen LogP contribution in [0.4, 0.5) is 0 Å². The summed E-state index contributed by atoms with van der Waals surface area (Å²) in [6, 6.07) is 18.9. The van der Waals surface area contributed by atoms with Crippen LogP contribution in [0.5, 0.6) is 0 Å². The van der Waals surface area contributed by atoms with Gasteiger partial charge in [0.25, 0.3) is 0 Å². The van der Waals surface area contributed by atoms with Crippen LogP contribution in [0.3, 0.4) is 0 Å². The van der Waals surface area contributed by atoms with Crippen molar-refractivity contribution in [3.8, 4) is 27.1 Å². The molecule has 1 aromatic heterocycles. The Morgan fingerprint density at radius 1 is 1.09 bits per heavy atom. The van der Waals surface area contributed by atoms with E-state index in [1.807, 2.05) is 30.3 Å². The first-order chi connectivity index (χ1) is 11.2. The van der Waals surface area contributed by atoms with Crippen LogP contribution in [-0.4, -0.2) is 18.1 Å². The Morgan fingerprint density at radius 3 is 2.39 bits per heavy atom. The van der Waals surface area contributed by atoms with Gasteiger partial charge < -0.3 is 4.74 Å². The highest BCUT2D eigenvalue weighted by Gasteiger charge is 2.14. The van der Waals surface area contributed by atoms with Gasteiger partial charge in [-0.05, 0) is 17.7 Å². The SMILES string of the molecule is COC(=O)c1ccc(-c2nc(C#N)c(-c3ccccc3)s2)cc1. The van der Waals surface area contributed by atoms with Crippen LogP contribution < -0.4 is 0 Å². The monoisotopic (exact) mass is 320 g/mol. The summed E-state index contributed by atoms with van der Waals surface area (Å²) in [5.41, 5.74) is 2.73. The number of nitrogens with zero attached hydrogens (tertiary/aromatic N) is 2. The Kier molecular flexibility index (Phi) is 4.18. The van der Waals surface area contributed by atoms with Crippen molar-refractivity contribution in [2.24, 2.45) is 0 Å². The highest BCUT2D eigenvalue weighted by molar-refractivity contribution is 7.18. The number of thiazole rings is 1. The summed E-state index contributed by atoms with van der Waals surface area (Å²) in [4.78, 5) is 16.7. The van der Waals surface area contributed by atoms with Crippen molar-refractivity contribution >= 4 is 17.3 Å². The van der Waals surface area contributed by atoms with E-state index >= 15 is 0 Å². The number of esters is 1. The summed E-state index contributed by atoms with van der Waals surface area (Å²) in [5, 5.41) is 10.1. The number of rotatable bonds is 3. The van der Waals surface area contributed by atoms with Crippen LogP contribution >= 0.6 is 11.3 Å². The molecule has 0 saturated heterocycles. The van der Waals surface area contributed by atoms with E-state index in [0.717, 1.165) is 21.0 Å². The van der Waals surface area contributed by atoms with Crippen molar-refractivity contribution in [3.05, 3.63) is 65.9 Å². The van der Waals surface area contributed by atoms with E-state index in [1.54, 1.807) is 24.3 Å². The van der Waals surface area contributed by atoms with E-state index < -0.39 is 0 Å². The molecule has 0 amide bonds.